The van der Waals surface area contributed by atoms with Crippen LogP contribution in [-0.2, 0) is 9.53 Å². The number of urea groups is 1. The second-order valence-corrected chi connectivity index (χ2v) is 5.56. The van der Waals surface area contributed by atoms with Gasteiger partial charge in [-0.15, -0.1) is 0 Å². The molecule has 0 bridgehead atoms. The number of carboxylic acid groups (broad SMARTS) is 1. The first kappa shape index (κ1) is 14.1. The second-order valence-electron chi connectivity index (χ2n) is 5.56. The molecule has 2 heterocycles. The van der Waals surface area contributed by atoms with Gasteiger partial charge in [0.2, 0.25) is 0 Å². The van der Waals surface area contributed by atoms with Crippen LogP contribution in [0.25, 0.3) is 0 Å². The number of carboxylic acids is 1. The molecule has 2 saturated heterocycles. The molecule has 2 N–H and O–H groups in total. The van der Waals surface area contributed by atoms with Crippen LogP contribution in [0.5, 0.6) is 0 Å². The first-order valence-corrected chi connectivity index (χ1v) is 6.91. The van der Waals surface area contributed by atoms with Gasteiger partial charge in [0.15, 0.2) is 0 Å². The molecule has 0 aliphatic carbocycles. The van der Waals surface area contributed by atoms with E-state index in [1.807, 2.05) is 6.92 Å². The van der Waals surface area contributed by atoms with Crippen molar-refractivity contribution in [3.63, 3.8) is 0 Å². The van der Waals surface area contributed by atoms with Gasteiger partial charge in [-0.3, -0.25) is 4.79 Å². The molecule has 2 aliphatic heterocycles. The van der Waals surface area contributed by atoms with Crippen molar-refractivity contribution < 1.29 is 19.4 Å². The highest BCUT2D eigenvalue weighted by Gasteiger charge is 2.33. The smallest absolute Gasteiger partial charge is 0.317 e. The third-order valence-electron chi connectivity index (χ3n) is 4.03. The van der Waals surface area contributed by atoms with Crippen LogP contribution in [0.2, 0.25) is 0 Å². The molecule has 19 heavy (non-hydrogen) atoms. The van der Waals surface area contributed by atoms with Gasteiger partial charge in [-0.05, 0) is 25.7 Å². The van der Waals surface area contributed by atoms with Crippen LogP contribution in [0.3, 0.4) is 0 Å². The summed E-state index contributed by atoms with van der Waals surface area (Å²) >= 11 is 0. The lowest BCUT2D eigenvalue weighted by molar-refractivity contribution is -0.139. The van der Waals surface area contributed by atoms with Gasteiger partial charge in [0.25, 0.3) is 0 Å². The monoisotopic (exact) mass is 270 g/mol. The number of carbonyl (C=O) groups is 2. The summed E-state index contributed by atoms with van der Waals surface area (Å²) in [6.45, 7) is 4.68. The Morgan fingerprint density at radius 3 is 2.58 bits per heavy atom. The van der Waals surface area contributed by atoms with E-state index < -0.39 is 5.97 Å². The first-order valence-electron chi connectivity index (χ1n) is 6.91. The number of aliphatic carboxylic acids is 1. The molecule has 0 spiro atoms. The molecule has 0 radical (unpaired) electrons. The number of amides is 2. The molecule has 0 aromatic rings. The highest BCUT2D eigenvalue weighted by atomic mass is 16.5. The molecule has 0 aromatic heterocycles. The summed E-state index contributed by atoms with van der Waals surface area (Å²) in [5.74, 6) is -0.198. The fourth-order valence-corrected chi connectivity index (χ4v) is 2.73. The number of rotatable bonds is 4. The van der Waals surface area contributed by atoms with Crippen LogP contribution in [-0.4, -0.2) is 54.4 Å². The molecule has 1 atom stereocenters. The molecule has 0 aromatic carbocycles. The fraction of sp³-hybridized carbons (Fsp3) is 0.846. The van der Waals surface area contributed by atoms with Crippen molar-refractivity contribution in [1.29, 1.82) is 0 Å². The Hall–Kier alpha value is -1.30. The number of hydrogen-bond donors (Lipinski definition) is 2. The Bertz CT molecular complexity index is 336. The highest BCUT2D eigenvalue weighted by molar-refractivity contribution is 5.76. The zero-order valence-electron chi connectivity index (χ0n) is 11.3. The molecular weight excluding hydrogens is 248 g/mol. The van der Waals surface area contributed by atoms with Crippen molar-refractivity contribution in [1.82, 2.24) is 10.2 Å². The van der Waals surface area contributed by atoms with Crippen LogP contribution in [0, 0.1) is 11.8 Å². The molecule has 2 aliphatic rings. The Kier molecular flexibility index (Phi) is 4.63. The molecule has 1 unspecified atom stereocenters. The second kappa shape index (κ2) is 6.23. The summed E-state index contributed by atoms with van der Waals surface area (Å²) in [6, 6.07) is 0.0792. The van der Waals surface area contributed by atoms with E-state index >= 15 is 0 Å². The average molecular weight is 270 g/mol. The highest BCUT2D eigenvalue weighted by Crippen LogP contribution is 2.21. The Morgan fingerprint density at radius 2 is 2.00 bits per heavy atom. The summed E-state index contributed by atoms with van der Waals surface area (Å²) in [7, 11) is 0. The third kappa shape index (κ3) is 3.83. The predicted octanol–water partition coefficient (Wildman–Crippen LogP) is 0.918. The van der Waals surface area contributed by atoms with E-state index in [0.29, 0.717) is 19.0 Å². The quantitative estimate of drug-likeness (QED) is 0.796. The molecule has 2 amide bonds. The molecule has 108 valence electrons. The maximum atomic E-state index is 11.9. The van der Waals surface area contributed by atoms with Crippen molar-refractivity contribution in [2.75, 3.05) is 26.3 Å². The fourth-order valence-electron chi connectivity index (χ4n) is 2.73. The number of ether oxygens (including phenoxy) is 1. The van der Waals surface area contributed by atoms with E-state index in [0.717, 1.165) is 26.1 Å². The van der Waals surface area contributed by atoms with Crippen molar-refractivity contribution in [3.05, 3.63) is 0 Å². The van der Waals surface area contributed by atoms with Crippen LogP contribution >= 0.6 is 0 Å². The van der Waals surface area contributed by atoms with Gasteiger partial charge in [-0.1, -0.05) is 0 Å². The van der Waals surface area contributed by atoms with E-state index in [-0.39, 0.29) is 24.4 Å². The van der Waals surface area contributed by atoms with Crippen LogP contribution < -0.4 is 5.32 Å². The summed E-state index contributed by atoms with van der Waals surface area (Å²) in [5, 5.41) is 11.7. The van der Waals surface area contributed by atoms with Crippen molar-refractivity contribution >= 4 is 12.0 Å². The maximum absolute atomic E-state index is 11.9. The van der Waals surface area contributed by atoms with Crippen LogP contribution in [0.1, 0.15) is 26.2 Å². The van der Waals surface area contributed by atoms with Crippen molar-refractivity contribution in [2.24, 2.45) is 11.8 Å². The van der Waals surface area contributed by atoms with Crippen LogP contribution in [0.15, 0.2) is 0 Å². The molecule has 2 rings (SSSR count). The van der Waals surface area contributed by atoms with E-state index in [4.69, 9.17) is 9.84 Å². The van der Waals surface area contributed by atoms with Crippen LogP contribution in [0.4, 0.5) is 4.79 Å². The minimum atomic E-state index is -0.791. The Labute approximate surface area is 113 Å². The SMILES string of the molecule is CC(NC(=O)N1CC(CC(=O)O)C1)C1CCOCC1. The predicted molar refractivity (Wildman–Crippen MR) is 68.9 cm³/mol. The lowest BCUT2D eigenvalue weighted by Crippen LogP contribution is -2.56. The lowest BCUT2D eigenvalue weighted by Gasteiger charge is -2.40. The van der Waals surface area contributed by atoms with Gasteiger partial charge in [-0.2, -0.15) is 0 Å². The largest absolute Gasteiger partial charge is 0.481 e. The molecule has 0 saturated carbocycles. The minimum absolute atomic E-state index is 0.0689. The Balaban J connectivity index is 1.68. The summed E-state index contributed by atoms with van der Waals surface area (Å²) in [5.41, 5.74) is 0. The third-order valence-corrected chi connectivity index (χ3v) is 4.03. The Morgan fingerprint density at radius 1 is 1.37 bits per heavy atom. The normalized spacial score (nSPS) is 22.7. The summed E-state index contributed by atoms with van der Waals surface area (Å²) < 4.78 is 5.31. The van der Waals surface area contributed by atoms with Gasteiger partial charge in [0.05, 0.1) is 6.42 Å². The lowest BCUT2D eigenvalue weighted by atomic mass is 9.93. The zero-order chi connectivity index (χ0) is 13.8. The molecule has 2 fully saturated rings. The summed E-state index contributed by atoms with van der Waals surface area (Å²) in [6.07, 6.45) is 2.13. The number of nitrogens with zero attached hydrogens (tertiary/aromatic N) is 1. The van der Waals surface area contributed by atoms with E-state index in [1.54, 1.807) is 4.90 Å². The molecule has 6 nitrogen and oxygen atoms in total. The van der Waals surface area contributed by atoms with Gasteiger partial charge < -0.3 is 20.1 Å². The number of hydrogen-bond acceptors (Lipinski definition) is 3. The number of nitrogens with one attached hydrogen (secondary N) is 1. The van der Waals surface area contributed by atoms with E-state index in [9.17, 15) is 9.59 Å². The number of likely N-dealkylation sites (tertiary alicyclic amines) is 1. The van der Waals surface area contributed by atoms with Crippen molar-refractivity contribution in [2.45, 2.75) is 32.2 Å². The average Bonchev–Trinajstić information content (AvgIpc) is 2.33. The molecular formula is C13H22N2O4. The van der Waals surface area contributed by atoms with E-state index in [2.05, 4.69) is 5.32 Å². The molecule has 6 heteroatoms. The topological polar surface area (TPSA) is 78.9 Å². The standard InChI is InChI=1S/C13H22N2O4/c1-9(11-2-4-19-5-3-11)14-13(18)15-7-10(8-15)6-12(16)17/h9-11H,2-8H2,1H3,(H,14,18)(H,16,17). The first-order chi connectivity index (χ1) is 9.06. The summed E-state index contributed by atoms with van der Waals surface area (Å²) in [4.78, 5) is 24.2. The van der Waals surface area contributed by atoms with Crippen molar-refractivity contribution in [3.8, 4) is 0 Å². The van der Waals surface area contributed by atoms with Gasteiger partial charge in [-0.25, -0.2) is 4.79 Å². The van der Waals surface area contributed by atoms with E-state index in [1.165, 1.54) is 0 Å². The van der Waals surface area contributed by atoms with Gasteiger partial charge in [0, 0.05) is 38.3 Å². The number of carbonyl (C=O) groups excluding carboxylic acids is 1. The zero-order valence-corrected chi connectivity index (χ0v) is 11.3. The maximum Gasteiger partial charge on any atom is 0.317 e. The minimum Gasteiger partial charge on any atom is -0.481 e. The van der Waals surface area contributed by atoms with Gasteiger partial charge >= 0.3 is 12.0 Å². The van der Waals surface area contributed by atoms with Gasteiger partial charge in [0.1, 0.15) is 0 Å².